The average Bonchev–Trinajstić information content (AvgIpc) is 2.03. The van der Waals surface area contributed by atoms with Crippen molar-refractivity contribution in [2.75, 3.05) is 7.11 Å². The molecule has 0 aliphatic carbocycles. The van der Waals surface area contributed by atoms with E-state index in [1.807, 2.05) is 6.07 Å². The van der Waals surface area contributed by atoms with Crippen LogP contribution < -0.4 is 10.5 Å². The van der Waals surface area contributed by atoms with E-state index in [1.165, 1.54) is 0 Å². The van der Waals surface area contributed by atoms with Gasteiger partial charge in [0.25, 0.3) is 0 Å². The molecule has 1 rings (SSSR count). The first kappa shape index (κ1) is 9.31. The van der Waals surface area contributed by atoms with Crippen LogP contribution in [0.5, 0.6) is 5.75 Å². The zero-order valence-corrected chi connectivity index (χ0v) is 8.66. The molecule has 0 saturated carbocycles. The zero-order chi connectivity index (χ0) is 9.14. The van der Waals surface area contributed by atoms with Gasteiger partial charge in [-0.05, 0) is 40.8 Å². The lowest BCUT2D eigenvalue weighted by molar-refractivity contribution is 0.1000. The lowest BCUT2D eigenvalue weighted by Crippen LogP contribution is -2.11. The number of rotatable bonds is 2. The Morgan fingerprint density at radius 1 is 1.50 bits per heavy atom. The van der Waals surface area contributed by atoms with Crippen LogP contribution in [0.15, 0.2) is 18.2 Å². The van der Waals surface area contributed by atoms with Crippen LogP contribution in [0.25, 0.3) is 0 Å². The molecular weight excluding hydrogens is 269 g/mol. The van der Waals surface area contributed by atoms with E-state index in [-0.39, 0.29) is 0 Å². The predicted molar refractivity (Wildman–Crippen MR) is 54.2 cm³/mol. The third-order valence-corrected chi connectivity index (χ3v) is 2.01. The van der Waals surface area contributed by atoms with Crippen LogP contribution in [-0.4, -0.2) is 13.0 Å². The Labute approximate surface area is 84.0 Å². The van der Waals surface area contributed by atoms with Gasteiger partial charge in [0.15, 0.2) is 0 Å². The fraction of sp³-hybridized carbons (Fsp3) is 0.125. The summed E-state index contributed by atoms with van der Waals surface area (Å²) in [6.07, 6.45) is 0. The molecule has 0 aromatic heterocycles. The molecule has 0 spiro atoms. The minimum absolute atomic E-state index is 0.438. The SMILES string of the molecule is COc1cc(I)cc(C(N)=O)c1. The van der Waals surface area contributed by atoms with Crippen LogP contribution in [0.4, 0.5) is 0 Å². The van der Waals surface area contributed by atoms with E-state index in [0.717, 1.165) is 3.57 Å². The number of benzene rings is 1. The standard InChI is InChI=1S/C8H8INO2/c1-12-7-3-5(8(10)11)2-6(9)4-7/h2-4H,1H3,(H2,10,11). The first-order valence-corrected chi connectivity index (χ1v) is 4.35. The quantitative estimate of drug-likeness (QED) is 0.831. The number of hydrogen-bond donors (Lipinski definition) is 1. The highest BCUT2D eigenvalue weighted by molar-refractivity contribution is 14.1. The second kappa shape index (κ2) is 3.75. The number of methoxy groups -OCH3 is 1. The summed E-state index contributed by atoms with van der Waals surface area (Å²) in [6.45, 7) is 0. The van der Waals surface area contributed by atoms with Gasteiger partial charge in [-0.25, -0.2) is 0 Å². The van der Waals surface area contributed by atoms with Crippen molar-refractivity contribution in [1.82, 2.24) is 0 Å². The summed E-state index contributed by atoms with van der Waals surface area (Å²) in [6, 6.07) is 5.16. The first-order chi connectivity index (χ1) is 5.63. The van der Waals surface area contributed by atoms with Crippen molar-refractivity contribution in [1.29, 1.82) is 0 Å². The van der Waals surface area contributed by atoms with Crippen LogP contribution in [0, 0.1) is 3.57 Å². The summed E-state index contributed by atoms with van der Waals surface area (Å²) in [5.74, 6) is 0.211. The molecule has 3 nitrogen and oxygen atoms in total. The number of halogens is 1. The normalized spacial score (nSPS) is 9.50. The highest BCUT2D eigenvalue weighted by Gasteiger charge is 2.03. The summed E-state index contributed by atoms with van der Waals surface area (Å²) in [4.78, 5) is 10.8. The lowest BCUT2D eigenvalue weighted by atomic mass is 10.2. The Bertz CT molecular complexity index is 312. The second-order valence-electron chi connectivity index (χ2n) is 2.24. The monoisotopic (exact) mass is 277 g/mol. The molecule has 0 aliphatic heterocycles. The fourth-order valence-electron chi connectivity index (χ4n) is 0.823. The van der Waals surface area contributed by atoms with Crippen LogP contribution in [-0.2, 0) is 0 Å². The van der Waals surface area contributed by atoms with Crippen molar-refractivity contribution in [3.63, 3.8) is 0 Å². The number of amides is 1. The maximum absolute atomic E-state index is 10.8. The molecule has 0 saturated heterocycles. The fourth-order valence-corrected chi connectivity index (χ4v) is 1.47. The molecule has 1 amide bonds. The second-order valence-corrected chi connectivity index (χ2v) is 3.49. The van der Waals surface area contributed by atoms with E-state index in [2.05, 4.69) is 22.6 Å². The number of carbonyl (C=O) groups excluding carboxylic acids is 1. The molecule has 2 N–H and O–H groups in total. The molecule has 0 bridgehead atoms. The highest BCUT2D eigenvalue weighted by atomic mass is 127. The van der Waals surface area contributed by atoms with E-state index in [1.54, 1.807) is 19.2 Å². The summed E-state index contributed by atoms with van der Waals surface area (Å²) >= 11 is 2.10. The predicted octanol–water partition coefficient (Wildman–Crippen LogP) is 1.40. The smallest absolute Gasteiger partial charge is 0.248 e. The van der Waals surface area contributed by atoms with Gasteiger partial charge in [0.2, 0.25) is 5.91 Å². The summed E-state index contributed by atoms with van der Waals surface area (Å²) in [7, 11) is 1.55. The van der Waals surface area contributed by atoms with Gasteiger partial charge in [-0.3, -0.25) is 4.79 Å². The first-order valence-electron chi connectivity index (χ1n) is 3.28. The Morgan fingerprint density at radius 3 is 2.67 bits per heavy atom. The Hall–Kier alpha value is -0.780. The molecule has 0 atom stereocenters. The van der Waals surface area contributed by atoms with Gasteiger partial charge >= 0.3 is 0 Å². The summed E-state index contributed by atoms with van der Waals surface area (Å²) in [5, 5.41) is 0. The average molecular weight is 277 g/mol. The molecule has 0 fully saturated rings. The van der Waals surface area contributed by atoms with E-state index >= 15 is 0 Å². The summed E-state index contributed by atoms with van der Waals surface area (Å²) in [5.41, 5.74) is 5.58. The van der Waals surface area contributed by atoms with Gasteiger partial charge in [-0.15, -0.1) is 0 Å². The molecule has 12 heavy (non-hydrogen) atoms. The topological polar surface area (TPSA) is 52.3 Å². The molecule has 4 heteroatoms. The van der Waals surface area contributed by atoms with Gasteiger partial charge in [0, 0.05) is 9.13 Å². The van der Waals surface area contributed by atoms with Crippen molar-refractivity contribution in [3.8, 4) is 5.75 Å². The zero-order valence-electron chi connectivity index (χ0n) is 6.50. The third kappa shape index (κ3) is 2.10. The van der Waals surface area contributed by atoms with Gasteiger partial charge in [0.05, 0.1) is 7.11 Å². The molecule has 0 aliphatic rings. The van der Waals surface area contributed by atoms with Crippen molar-refractivity contribution < 1.29 is 9.53 Å². The van der Waals surface area contributed by atoms with E-state index in [0.29, 0.717) is 11.3 Å². The minimum Gasteiger partial charge on any atom is -0.497 e. The molecular formula is C8H8INO2. The summed E-state index contributed by atoms with van der Waals surface area (Å²) < 4.78 is 5.90. The number of hydrogen-bond acceptors (Lipinski definition) is 2. The lowest BCUT2D eigenvalue weighted by Gasteiger charge is -2.02. The van der Waals surface area contributed by atoms with Gasteiger partial charge in [-0.1, -0.05) is 0 Å². The van der Waals surface area contributed by atoms with Crippen LogP contribution in [0.3, 0.4) is 0 Å². The van der Waals surface area contributed by atoms with Gasteiger partial charge in [-0.2, -0.15) is 0 Å². The van der Waals surface area contributed by atoms with Gasteiger partial charge < -0.3 is 10.5 Å². The van der Waals surface area contributed by atoms with Crippen LogP contribution in [0.2, 0.25) is 0 Å². The van der Waals surface area contributed by atoms with Gasteiger partial charge in [0.1, 0.15) is 5.75 Å². The maximum atomic E-state index is 10.8. The number of carbonyl (C=O) groups is 1. The molecule has 0 radical (unpaired) electrons. The molecule has 1 aromatic carbocycles. The van der Waals surface area contributed by atoms with Crippen LogP contribution in [0.1, 0.15) is 10.4 Å². The molecule has 0 heterocycles. The third-order valence-electron chi connectivity index (χ3n) is 1.39. The Balaban J connectivity index is 3.15. The van der Waals surface area contributed by atoms with Crippen molar-refractivity contribution in [3.05, 3.63) is 27.3 Å². The van der Waals surface area contributed by atoms with E-state index < -0.39 is 5.91 Å². The molecule has 0 unspecified atom stereocenters. The minimum atomic E-state index is -0.438. The van der Waals surface area contributed by atoms with Crippen molar-refractivity contribution in [2.45, 2.75) is 0 Å². The Kier molecular flexibility index (Phi) is 2.91. The number of primary amides is 1. The van der Waals surface area contributed by atoms with E-state index in [4.69, 9.17) is 10.5 Å². The van der Waals surface area contributed by atoms with E-state index in [9.17, 15) is 4.79 Å². The largest absolute Gasteiger partial charge is 0.497 e. The highest BCUT2D eigenvalue weighted by Crippen LogP contribution is 2.17. The molecule has 64 valence electrons. The number of ether oxygens (including phenoxy) is 1. The molecule has 1 aromatic rings. The van der Waals surface area contributed by atoms with Crippen molar-refractivity contribution >= 4 is 28.5 Å². The number of nitrogens with two attached hydrogens (primary N) is 1. The Morgan fingerprint density at radius 2 is 2.17 bits per heavy atom. The van der Waals surface area contributed by atoms with Crippen molar-refractivity contribution in [2.24, 2.45) is 5.73 Å². The maximum Gasteiger partial charge on any atom is 0.248 e. The van der Waals surface area contributed by atoms with Crippen LogP contribution >= 0.6 is 22.6 Å².